The summed E-state index contributed by atoms with van der Waals surface area (Å²) < 4.78 is 0. The SMILES string of the molecule is CCCCCCC(C)NC(=O)C1CNCC1C. The highest BCUT2D eigenvalue weighted by Crippen LogP contribution is 2.16. The number of amides is 1. The van der Waals surface area contributed by atoms with Crippen molar-refractivity contribution in [1.82, 2.24) is 10.6 Å². The van der Waals surface area contributed by atoms with Crippen molar-refractivity contribution in [3.8, 4) is 0 Å². The molecule has 3 atom stereocenters. The molecule has 3 nitrogen and oxygen atoms in total. The van der Waals surface area contributed by atoms with Crippen molar-refractivity contribution in [2.45, 2.75) is 58.9 Å². The van der Waals surface area contributed by atoms with Crippen molar-refractivity contribution in [2.75, 3.05) is 13.1 Å². The zero-order chi connectivity index (χ0) is 12.7. The van der Waals surface area contributed by atoms with E-state index in [1.54, 1.807) is 0 Å². The summed E-state index contributed by atoms with van der Waals surface area (Å²) in [6, 6.07) is 0.326. The molecule has 100 valence electrons. The number of carbonyl (C=O) groups excluding carboxylic acids is 1. The molecule has 0 aromatic heterocycles. The van der Waals surface area contributed by atoms with Gasteiger partial charge in [0.15, 0.2) is 0 Å². The molecule has 0 aromatic rings. The molecule has 17 heavy (non-hydrogen) atoms. The number of nitrogens with one attached hydrogen (secondary N) is 2. The summed E-state index contributed by atoms with van der Waals surface area (Å²) in [5.41, 5.74) is 0. The lowest BCUT2D eigenvalue weighted by Gasteiger charge is -2.19. The van der Waals surface area contributed by atoms with Gasteiger partial charge >= 0.3 is 0 Å². The molecule has 1 amide bonds. The number of rotatable bonds is 7. The molecule has 0 bridgehead atoms. The summed E-state index contributed by atoms with van der Waals surface area (Å²) in [7, 11) is 0. The van der Waals surface area contributed by atoms with Crippen LogP contribution in [0.1, 0.15) is 52.9 Å². The van der Waals surface area contributed by atoms with Gasteiger partial charge in [0.05, 0.1) is 5.92 Å². The maximum absolute atomic E-state index is 12.0. The monoisotopic (exact) mass is 240 g/mol. The van der Waals surface area contributed by atoms with E-state index in [4.69, 9.17) is 0 Å². The van der Waals surface area contributed by atoms with Gasteiger partial charge in [-0.15, -0.1) is 0 Å². The summed E-state index contributed by atoms with van der Waals surface area (Å²) >= 11 is 0. The van der Waals surface area contributed by atoms with E-state index in [1.807, 2.05) is 0 Å². The predicted octanol–water partition coefficient (Wildman–Crippen LogP) is 2.32. The fourth-order valence-electron chi connectivity index (χ4n) is 2.46. The van der Waals surface area contributed by atoms with Crippen LogP contribution in [0.2, 0.25) is 0 Å². The lowest BCUT2D eigenvalue weighted by molar-refractivity contribution is -0.126. The minimum absolute atomic E-state index is 0.174. The molecule has 0 radical (unpaired) electrons. The number of hydrogen-bond acceptors (Lipinski definition) is 2. The highest BCUT2D eigenvalue weighted by Gasteiger charge is 2.29. The van der Waals surface area contributed by atoms with Crippen LogP contribution in [-0.4, -0.2) is 25.0 Å². The van der Waals surface area contributed by atoms with Gasteiger partial charge in [-0.25, -0.2) is 0 Å². The van der Waals surface area contributed by atoms with Gasteiger partial charge in [-0.2, -0.15) is 0 Å². The zero-order valence-electron chi connectivity index (χ0n) is 11.6. The smallest absolute Gasteiger partial charge is 0.224 e. The van der Waals surface area contributed by atoms with Crippen molar-refractivity contribution in [1.29, 1.82) is 0 Å². The molecule has 1 rings (SSSR count). The lowest BCUT2D eigenvalue weighted by Crippen LogP contribution is -2.39. The lowest BCUT2D eigenvalue weighted by atomic mass is 9.96. The van der Waals surface area contributed by atoms with Gasteiger partial charge in [0, 0.05) is 12.6 Å². The minimum atomic E-state index is 0.174. The third-order valence-corrected chi connectivity index (χ3v) is 3.73. The second kappa shape index (κ2) is 7.70. The molecule has 2 N–H and O–H groups in total. The van der Waals surface area contributed by atoms with E-state index in [0.29, 0.717) is 12.0 Å². The standard InChI is InChI=1S/C14H28N2O/c1-4-5-6-7-8-12(3)16-14(17)13-10-15-9-11(13)2/h11-13,15H,4-10H2,1-3H3,(H,16,17). The molecule has 1 aliphatic rings. The summed E-state index contributed by atoms with van der Waals surface area (Å²) in [6.45, 7) is 8.31. The molecule has 3 unspecified atom stereocenters. The normalized spacial score (nSPS) is 25.8. The van der Waals surface area contributed by atoms with Crippen LogP contribution in [0, 0.1) is 11.8 Å². The molecular weight excluding hydrogens is 212 g/mol. The Hall–Kier alpha value is -0.570. The van der Waals surface area contributed by atoms with Crippen molar-refractivity contribution in [3.63, 3.8) is 0 Å². The Morgan fingerprint density at radius 2 is 2.12 bits per heavy atom. The molecule has 0 aromatic carbocycles. The first-order chi connectivity index (χ1) is 8.15. The Morgan fingerprint density at radius 1 is 1.35 bits per heavy atom. The van der Waals surface area contributed by atoms with Crippen LogP contribution in [0.3, 0.4) is 0 Å². The second-order valence-corrected chi connectivity index (χ2v) is 5.50. The third-order valence-electron chi connectivity index (χ3n) is 3.73. The van der Waals surface area contributed by atoms with E-state index in [2.05, 4.69) is 31.4 Å². The van der Waals surface area contributed by atoms with Crippen molar-refractivity contribution in [2.24, 2.45) is 11.8 Å². The van der Waals surface area contributed by atoms with Gasteiger partial charge in [-0.1, -0.05) is 39.5 Å². The Bertz CT molecular complexity index is 230. The quantitative estimate of drug-likeness (QED) is 0.671. The topological polar surface area (TPSA) is 41.1 Å². The summed E-state index contributed by atoms with van der Waals surface area (Å²) in [5, 5.41) is 6.43. The van der Waals surface area contributed by atoms with Crippen LogP contribution in [0.5, 0.6) is 0 Å². The van der Waals surface area contributed by atoms with Gasteiger partial charge in [0.2, 0.25) is 5.91 Å². The average Bonchev–Trinajstić information content (AvgIpc) is 2.71. The molecule has 0 spiro atoms. The molecule has 1 aliphatic heterocycles. The van der Waals surface area contributed by atoms with E-state index in [0.717, 1.165) is 19.5 Å². The highest BCUT2D eigenvalue weighted by atomic mass is 16.2. The molecule has 3 heteroatoms. The maximum atomic E-state index is 12.0. The maximum Gasteiger partial charge on any atom is 0.224 e. The van der Waals surface area contributed by atoms with E-state index >= 15 is 0 Å². The zero-order valence-corrected chi connectivity index (χ0v) is 11.6. The summed E-state index contributed by atoms with van der Waals surface area (Å²) in [6.07, 6.45) is 6.21. The van der Waals surface area contributed by atoms with Crippen LogP contribution < -0.4 is 10.6 Å². The molecule has 1 fully saturated rings. The van der Waals surface area contributed by atoms with Crippen LogP contribution in [0.25, 0.3) is 0 Å². The molecule has 0 aliphatic carbocycles. The molecule has 1 heterocycles. The van der Waals surface area contributed by atoms with Crippen LogP contribution >= 0.6 is 0 Å². The van der Waals surface area contributed by atoms with Crippen molar-refractivity contribution in [3.05, 3.63) is 0 Å². The Kier molecular flexibility index (Phi) is 6.56. The largest absolute Gasteiger partial charge is 0.353 e. The summed E-state index contributed by atoms with van der Waals surface area (Å²) in [5.74, 6) is 0.890. The van der Waals surface area contributed by atoms with Crippen LogP contribution in [0.4, 0.5) is 0 Å². The molecule has 0 saturated carbocycles. The van der Waals surface area contributed by atoms with E-state index < -0.39 is 0 Å². The van der Waals surface area contributed by atoms with Crippen LogP contribution in [-0.2, 0) is 4.79 Å². The summed E-state index contributed by atoms with van der Waals surface area (Å²) in [4.78, 5) is 12.0. The van der Waals surface area contributed by atoms with Gasteiger partial charge in [0.25, 0.3) is 0 Å². The van der Waals surface area contributed by atoms with Crippen molar-refractivity contribution >= 4 is 5.91 Å². The Labute approximate surface area is 106 Å². The van der Waals surface area contributed by atoms with Crippen molar-refractivity contribution < 1.29 is 4.79 Å². The third kappa shape index (κ3) is 5.07. The Morgan fingerprint density at radius 3 is 2.71 bits per heavy atom. The highest BCUT2D eigenvalue weighted by molar-refractivity contribution is 5.79. The van der Waals surface area contributed by atoms with E-state index in [9.17, 15) is 4.79 Å². The fraction of sp³-hybridized carbons (Fsp3) is 0.929. The first kappa shape index (κ1) is 14.5. The average molecular weight is 240 g/mol. The van der Waals surface area contributed by atoms with E-state index in [-0.39, 0.29) is 11.8 Å². The first-order valence-electron chi connectivity index (χ1n) is 7.16. The van der Waals surface area contributed by atoms with Gasteiger partial charge in [-0.05, 0) is 25.8 Å². The number of hydrogen-bond donors (Lipinski definition) is 2. The number of unbranched alkanes of at least 4 members (excludes halogenated alkanes) is 3. The predicted molar refractivity (Wildman–Crippen MR) is 71.9 cm³/mol. The van der Waals surface area contributed by atoms with Crippen LogP contribution in [0.15, 0.2) is 0 Å². The number of carbonyl (C=O) groups is 1. The molecule has 1 saturated heterocycles. The fourth-order valence-corrected chi connectivity index (χ4v) is 2.46. The van der Waals surface area contributed by atoms with Gasteiger partial charge in [0.1, 0.15) is 0 Å². The Balaban J connectivity index is 2.16. The van der Waals surface area contributed by atoms with E-state index in [1.165, 1.54) is 25.7 Å². The second-order valence-electron chi connectivity index (χ2n) is 5.50. The minimum Gasteiger partial charge on any atom is -0.353 e. The molecular formula is C14H28N2O. The van der Waals surface area contributed by atoms with Gasteiger partial charge in [-0.3, -0.25) is 4.79 Å². The first-order valence-corrected chi connectivity index (χ1v) is 7.16. The van der Waals surface area contributed by atoms with Gasteiger partial charge < -0.3 is 10.6 Å².